The topological polar surface area (TPSA) is 50.1 Å². The molecule has 0 bridgehead atoms. The molecule has 0 atom stereocenters. The molecule has 0 saturated heterocycles. The summed E-state index contributed by atoms with van der Waals surface area (Å²) in [6, 6.07) is 54.3. The maximum absolute atomic E-state index is 10.0. The Morgan fingerprint density at radius 2 is 0.804 bits per heavy atom. The van der Waals surface area contributed by atoms with Gasteiger partial charge in [0.1, 0.15) is 22.3 Å². The summed E-state index contributed by atoms with van der Waals surface area (Å²) >= 11 is 0. The SMILES string of the molecule is N#Cc1cc(-c2ccccc2)cc(-c2cc(-c3cccc4c3oc3ccccc34)cc(-c3cccc4c3oc3ccccc34)c2)c1. The van der Waals surface area contributed by atoms with E-state index in [0.29, 0.717) is 5.56 Å². The second-order valence-corrected chi connectivity index (χ2v) is 11.6. The molecular weight excluding hydrogens is 562 g/mol. The van der Waals surface area contributed by atoms with Crippen LogP contribution in [-0.4, -0.2) is 0 Å². The molecule has 0 aliphatic heterocycles. The van der Waals surface area contributed by atoms with Gasteiger partial charge in [0, 0.05) is 32.7 Å². The molecule has 2 heterocycles. The Kier molecular flexibility index (Phi) is 5.88. The molecular formula is C43H25NO2. The van der Waals surface area contributed by atoms with Gasteiger partial charge in [0.25, 0.3) is 0 Å². The summed E-state index contributed by atoms with van der Waals surface area (Å²) in [5.41, 5.74) is 12.1. The largest absolute Gasteiger partial charge is 0.455 e. The number of para-hydroxylation sites is 4. The van der Waals surface area contributed by atoms with Gasteiger partial charge >= 0.3 is 0 Å². The predicted molar refractivity (Wildman–Crippen MR) is 187 cm³/mol. The van der Waals surface area contributed by atoms with E-state index in [1.807, 2.05) is 66.7 Å². The van der Waals surface area contributed by atoms with E-state index in [2.05, 4.69) is 91.0 Å². The zero-order chi connectivity index (χ0) is 30.6. The molecule has 9 aromatic rings. The van der Waals surface area contributed by atoms with Gasteiger partial charge in [-0.3, -0.25) is 0 Å². The van der Waals surface area contributed by atoms with Gasteiger partial charge in [-0.05, 0) is 81.9 Å². The van der Waals surface area contributed by atoms with E-state index in [-0.39, 0.29) is 0 Å². The fraction of sp³-hybridized carbons (Fsp3) is 0. The highest BCUT2D eigenvalue weighted by molar-refractivity contribution is 6.11. The quantitative estimate of drug-likeness (QED) is 0.206. The van der Waals surface area contributed by atoms with Crippen molar-refractivity contribution in [2.45, 2.75) is 0 Å². The van der Waals surface area contributed by atoms with Crippen LogP contribution in [0.5, 0.6) is 0 Å². The van der Waals surface area contributed by atoms with Crippen LogP contribution in [0, 0.1) is 11.3 Å². The smallest absolute Gasteiger partial charge is 0.143 e. The zero-order valence-electron chi connectivity index (χ0n) is 24.7. The van der Waals surface area contributed by atoms with Crippen molar-refractivity contribution in [3.63, 3.8) is 0 Å². The van der Waals surface area contributed by atoms with Crippen LogP contribution in [-0.2, 0) is 0 Å². The molecule has 0 fully saturated rings. The van der Waals surface area contributed by atoms with E-state index >= 15 is 0 Å². The van der Waals surface area contributed by atoms with Gasteiger partial charge in [-0.2, -0.15) is 5.26 Å². The lowest BCUT2D eigenvalue weighted by Gasteiger charge is -2.13. The van der Waals surface area contributed by atoms with Crippen LogP contribution in [0.4, 0.5) is 0 Å². The number of fused-ring (bicyclic) bond motifs is 6. The van der Waals surface area contributed by atoms with Gasteiger partial charge in [-0.25, -0.2) is 0 Å². The molecule has 0 unspecified atom stereocenters. The molecule has 7 aromatic carbocycles. The first-order valence-electron chi connectivity index (χ1n) is 15.3. The molecule has 0 saturated carbocycles. The number of rotatable bonds is 4. The molecule has 46 heavy (non-hydrogen) atoms. The van der Waals surface area contributed by atoms with E-state index in [4.69, 9.17) is 8.83 Å². The van der Waals surface area contributed by atoms with E-state index in [1.165, 1.54) is 0 Å². The van der Waals surface area contributed by atoms with Crippen LogP contribution in [0.15, 0.2) is 160 Å². The average molecular weight is 588 g/mol. The molecule has 0 spiro atoms. The van der Waals surface area contributed by atoms with E-state index in [0.717, 1.165) is 88.4 Å². The fourth-order valence-corrected chi connectivity index (χ4v) is 6.71. The van der Waals surface area contributed by atoms with Crippen LogP contribution in [0.2, 0.25) is 0 Å². The lowest BCUT2D eigenvalue weighted by Crippen LogP contribution is -1.89. The Balaban J connectivity index is 1.33. The lowest BCUT2D eigenvalue weighted by molar-refractivity contribution is 0.670. The maximum Gasteiger partial charge on any atom is 0.143 e. The highest BCUT2D eigenvalue weighted by Gasteiger charge is 2.17. The summed E-state index contributed by atoms with van der Waals surface area (Å²) in [6.07, 6.45) is 0. The molecule has 0 aliphatic rings. The summed E-state index contributed by atoms with van der Waals surface area (Å²) < 4.78 is 13.0. The standard InChI is InChI=1S/C43H25NO2/c44-26-27-20-29(28-10-2-1-3-11-28)22-30(21-27)31-23-32(34-14-8-16-38-36-12-4-6-18-40(36)45-42(34)38)25-33(24-31)35-15-9-17-39-37-13-5-7-19-41(37)46-43(35)39/h1-25H. The molecule has 0 amide bonds. The van der Waals surface area contributed by atoms with Crippen LogP contribution < -0.4 is 0 Å². The molecule has 3 nitrogen and oxygen atoms in total. The van der Waals surface area contributed by atoms with Crippen molar-refractivity contribution in [3.05, 3.63) is 157 Å². The summed E-state index contributed by atoms with van der Waals surface area (Å²) in [7, 11) is 0. The minimum Gasteiger partial charge on any atom is -0.455 e. The summed E-state index contributed by atoms with van der Waals surface area (Å²) in [6.45, 7) is 0. The predicted octanol–water partition coefficient (Wildman–Crippen LogP) is 12.0. The molecule has 9 rings (SSSR count). The first kappa shape index (κ1) is 26.1. The van der Waals surface area contributed by atoms with E-state index < -0.39 is 0 Å². The van der Waals surface area contributed by atoms with Crippen molar-refractivity contribution >= 4 is 43.9 Å². The van der Waals surface area contributed by atoms with Crippen LogP contribution >= 0.6 is 0 Å². The van der Waals surface area contributed by atoms with Crippen LogP contribution in [0.25, 0.3) is 88.4 Å². The molecule has 0 aliphatic carbocycles. The number of hydrogen-bond acceptors (Lipinski definition) is 3. The van der Waals surface area contributed by atoms with Gasteiger partial charge in [0.15, 0.2) is 0 Å². The van der Waals surface area contributed by atoms with Gasteiger partial charge in [0.05, 0.1) is 11.6 Å². The zero-order valence-corrected chi connectivity index (χ0v) is 24.7. The van der Waals surface area contributed by atoms with Gasteiger partial charge in [-0.15, -0.1) is 0 Å². The van der Waals surface area contributed by atoms with Crippen molar-refractivity contribution in [2.75, 3.05) is 0 Å². The first-order chi connectivity index (χ1) is 22.7. The summed E-state index contributed by atoms with van der Waals surface area (Å²) in [4.78, 5) is 0. The number of furan rings is 2. The third-order valence-electron chi connectivity index (χ3n) is 8.87. The number of nitriles is 1. The molecule has 214 valence electrons. The normalized spacial score (nSPS) is 11.5. The first-order valence-corrected chi connectivity index (χ1v) is 15.3. The Bertz CT molecular complexity index is 2520. The van der Waals surface area contributed by atoms with Gasteiger partial charge < -0.3 is 8.83 Å². The van der Waals surface area contributed by atoms with Crippen LogP contribution in [0.3, 0.4) is 0 Å². The maximum atomic E-state index is 10.0. The molecule has 0 N–H and O–H groups in total. The minimum absolute atomic E-state index is 0.613. The third kappa shape index (κ3) is 4.20. The number of benzene rings is 7. The average Bonchev–Trinajstić information content (AvgIpc) is 3.70. The molecule has 2 aromatic heterocycles. The summed E-state index contributed by atoms with van der Waals surface area (Å²) in [5, 5.41) is 14.4. The van der Waals surface area contributed by atoms with Crippen LogP contribution in [0.1, 0.15) is 5.56 Å². The van der Waals surface area contributed by atoms with Gasteiger partial charge in [0.2, 0.25) is 0 Å². The Morgan fingerprint density at radius 3 is 1.37 bits per heavy atom. The van der Waals surface area contributed by atoms with E-state index in [9.17, 15) is 5.26 Å². The second-order valence-electron chi connectivity index (χ2n) is 11.6. The lowest BCUT2D eigenvalue weighted by atomic mass is 9.90. The Hall–Kier alpha value is -6.37. The highest BCUT2D eigenvalue weighted by Crippen LogP contribution is 2.42. The monoisotopic (exact) mass is 587 g/mol. The van der Waals surface area contributed by atoms with Crippen molar-refractivity contribution in [1.29, 1.82) is 5.26 Å². The number of hydrogen-bond donors (Lipinski definition) is 0. The van der Waals surface area contributed by atoms with E-state index in [1.54, 1.807) is 0 Å². The van der Waals surface area contributed by atoms with Crippen molar-refractivity contribution in [1.82, 2.24) is 0 Å². The molecule has 3 heteroatoms. The van der Waals surface area contributed by atoms with Crippen molar-refractivity contribution in [3.8, 4) is 50.6 Å². The number of nitrogens with zero attached hydrogens (tertiary/aromatic N) is 1. The second kappa shape index (κ2) is 10.4. The fourth-order valence-electron chi connectivity index (χ4n) is 6.71. The highest BCUT2D eigenvalue weighted by atomic mass is 16.3. The third-order valence-corrected chi connectivity index (χ3v) is 8.87. The Morgan fingerprint density at radius 1 is 0.370 bits per heavy atom. The van der Waals surface area contributed by atoms with Crippen molar-refractivity contribution < 1.29 is 8.83 Å². The Labute approximate surface area is 265 Å². The van der Waals surface area contributed by atoms with Gasteiger partial charge in [-0.1, -0.05) is 103 Å². The molecule has 0 radical (unpaired) electrons. The van der Waals surface area contributed by atoms with Crippen molar-refractivity contribution in [2.24, 2.45) is 0 Å². The minimum atomic E-state index is 0.613. The summed E-state index contributed by atoms with van der Waals surface area (Å²) in [5.74, 6) is 0.